The molecule has 1 fully saturated rings. The largest absolute Gasteiger partial charge is 0.333 e. The third-order valence-electron chi connectivity index (χ3n) is 3.67. The number of aromatic nitrogens is 1. The van der Waals surface area contributed by atoms with Crippen LogP contribution in [0.2, 0.25) is 0 Å². The van der Waals surface area contributed by atoms with Crippen molar-refractivity contribution in [2.75, 3.05) is 19.6 Å². The van der Waals surface area contributed by atoms with Crippen LogP contribution in [-0.2, 0) is 0 Å². The number of piperazine rings is 1. The molecule has 4 nitrogen and oxygen atoms in total. The highest BCUT2D eigenvalue weighted by molar-refractivity contribution is 6.06. The summed E-state index contributed by atoms with van der Waals surface area (Å²) in [6.07, 6.45) is 3.54. The van der Waals surface area contributed by atoms with Crippen molar-refractivity contribution in [2.24, 2.45) is 0 Å². The Kier molecular flexibility index (Phi) is 6.40. The Labute approximate surface area is 136 Å². The van der Waals surface area contributed by atoms with Crippen molar-refractivity contribution in [3.05, 3.63) is 42.2 Å². The van der Waals surface area contributed by atoms with Crippen molar-refractivity contribution in [1.82, 2.24) is 15.2 Å². The van der Waals surface area contributed by atoms with Crippen LogP contribution in [0.4, 0.5) is 0 Å². The Balaban J connectivity index is 0.00000110. The van der Waals surface area contributed by atoms with Crippen LogP contribution in [0.3, 0.4) is 0 Å². The van der Waals surface area contributed by atoms with E-state index in [9.17, 15) is 4.79 Å². The van der Waals surface area contributed by atoms with Crippen molar-refractivity contribution < 1.29 is 4.79 Å². The van der Waals surface area contributed by atoms with E-state index in [4.69, 9.17) is 0 Å². The molecule has 1 amide bonds. The van der Waals surface area contributed by atoms with Crippen LogP contribution in [-0.4, -0.2) is 41.5 Å². The first-order valence-corrected chi connectivity index (χ1v) is 6.62. The summed E-state index contributed by atoms with van der Waals surface area (Å²) in [7, 11) is 0. The van der Waals surface area contributed by atoms with Gasteiger partial charge in [0.1, 0.15) is 0 Å². The zero-order chi connectivity index (χ0) is 13.2. The zero-order valence-corrected chi connectivity index (χ0v) is 13.4. The average molecular weight is 328 g/mol. The average Bonchev–Trinajstić information content (AvgIpc) is 2.46. The molecule has 1 saturated heterocycles. The molecule has 0 aliphatic carbocycles. The second kappa shape index (κ2) is 7.59. The van der Waals surface area contributed by atoms with Gasteiger partial charge in [0.2, 0.25) is 0 Å². The van der Waals surface area contributed by atoms with Gasteiger partial charge in [-0.2, -0.15) is 0 Å². The minimum absolute atomic E-state index is 0. The fraction of sp³-hybridized carbons (Fsp3) is 0.333. The van der Waals surface area contributed by atoms with Crippen molar-refractivity contribution >= 4 is 41.5 Å². The molecule has 1 atom stereocenters. The van der Waals surface area contributed by atoms with Gasteiger partial charge in [-0.05, 0) is 24.4 Å². The predicted octanol–water partition coefficient (Wildman–Crippen LogP) is 2.51. The SMILES string of the molecule is C[C@@H]1CNCCN1C(=O)c1cccc2cnccc12.Cl.Cl. The molecule has 1 aromatic carbocycles. The Bertz CT molecular complexity index is 615. The Morgan fingerprint density at radius 1 is 1.33 bits per heavy atom. The van der Waals surface area contributed by atoms with Crippen molar-refractivity contribution in [3.8, 4) is 0 Å². The molecule has 21 heavy (non-hydrogen) atoms. The van der Waals surface area contributed by atoms with Gasteiger partial charge in [0.05, 0.1) is 0 Å². The van der Waals surface area contributed by atoms with Gasteiger partial charge in [0, 0.05) is 49.0 Å². The van der Waals surface area contributed by atoms with E-state index in [-0.39, 0.29) is 36.8 Å². The molecule has 2 aromatic rings. The minimum Gasteiger partial charge on any atom is -0.333 e. The molecule has 114 valence electrons. The highest BCUT2D eigenvalue weighted by Crippen LogP contribution is 2.20. The number of nitrogens with zero attached hydrogens (tertiary/aromatic N) is 2. The number of pyridine rings is 1. The van der Waals surface area contributed by atoms with Gasteiger partial charge in [-0.25, -0.2) is 0 Å². The predicted molar refractivity (Wildman–Crippen MR) is 89.6 cm³/mol. The number of rotatable bonds is 1. The van der Waals surface area contributed by atoms with Crippen LogP contribution < -0.4 is 5.32 Å². The number of hydrogen-bond donors (Lipinski definition) is 1. The van der Waals surface area contributed by atoms with Crippen LogP contribution in [0.25, 0.3) is 10.8 Å². The van der Waals surface area contributed by atoms with Gasteiger partial charge in [0.25, 0.3) is 5.91 Å². The molecule has 0 unspecified atom stereocenters. The van der Waals surface area contributed by atoms with E-state index in [1.54, 1.807) is 12.4 Å². The number of halogens is 2. The van der Waals surface area contributed by atoms with Gasteiger partial charge < -0.3 is 10.2 Å². The van der Waals surface area contributed by atoms with Gasteiger partial charge >= 0.3 is 0 Å². The number of benzene rings is 1. The number of amides is 1. The highest BCUT2D eigenvalue weighted by Gasteiger charge is 2.24. The van der Waals surface area contributed by atoms with Crippen LogP contribution >= 0.6 is 24.8 Å². The molecule has 1 N–H and O–H groups in total. The summed E-state index contributed by atoms with van der Waals surface area (Å²) >= 11 is 0. The topological polar surface area (TPSA) is 45.2 Å². The molecule has 0 radical (unpaired) electrons. The first kappa shape index (κ1) is 17.7. The summed E-state index contributed by atoms with van der Waals surface area (Å²) in [6, 6.07) is 7.96. The number of nitrogens with one attached hydrogen (secondary N) is 1. The quantitative estimate of drug-likeness (QED) is 0.875. The van der Waals surface area contributed by atoms with Crippen molar-refractivity contribution in [1.29, 1.82) is 0 Å². The molecular weight excluding hydrogens is 309 g/mol. The molecule has 1 aliphatic rings. The summed E-state index contributed by atoms with van der Waals surface area (Å²) in [5, 5.41) is 5.29. The summed E-state index contributed by atoms with van der Waals surface area (Å²) in [6.45, 7) is 4.57. The van der Waals surface area contributed by atoms with E-state index in [0.717, 1.165) is 36.0 Å². The molecule has 0 bridgehead atoms. The molecule has 1 aromatic heterocycles. The lowest BCUT2D eigenvalue weighted by molar-refractivity contribution is 0.0658. The van der Waals surface area contributed by atoms with Crippen LogP contribution in [0.1, 0.15) is 17.3 Å². The number of carbonyl (C=O) groups is 1. The second-order valence-electron chi connectivity index (χ2n) is 4.95. The van der Waals surface area contributed by atoms with E-state index >= 15 is 0 Å². The first-order valence-electron chi connectivity index (χ1n) is 6.62. The number of carbonyl (C=O) groups excluding carboxylic acids is 1. The van der Waals surface area contributed by atoms with E-state index in [1.807, 2.05) is 29.2 Å². The third kappa shape index (κ3) is 3.46. The van der Waals surface area contributed by atoms with E-state index in [1.165, 1.54) is 0 Å². The highest BCUT2D eigenvalue weighted by atomic mass is 35.5. The Morgan fingerprint density at radius 2 is 2.14 bits per heavy atom. The first-order chi connectivity index (χ1) is 9.27. The summed E-state index contributed by atoms with van der Waals surface area (Å²) in [5.41, 5.74) is 0.772. The van der Waals surface area contributed by atoms with Crippen LogP contribution in [0.15, 0.2) is 36.7 Å². The number of fused-ring (bicyclic) bond motifs is 1. The van der Waals surface area contributed by atoms with Gasteiger partial charge in [-0.15, -0.1) is 24.8 Å². The Morgan fingerprint density at radius 3 is 2.90 bits per heavy atom. The van der Waals surface area contributed by atoms with Crippen LogP contribution in [0, 0.1) is 0 Å². The molecule has 0 saturated carbocycles. The fourth-order valence-corrected chi connectivity index (χ4v) is 2.61. The molecule has 2 heterocycles. The standard InChI is InChI=1S/C15H17N3O.2ClH/c1-11-9-17-7-8-18(11)15(19)14-4-2-3-12-10-16-6-5-13(12)14;;/h2-6,10-11,17H,7-9H2,1H3;2*1H/t11-;;/m1../s1. The second-order valence-corrected chi connectivity index (χ2v) is 4.95. The van der Waals surface area contributed by atoms with Crippen molar-refractivity contribution in [3.63, 3.8) is 0 Å². The van der Waals surface area contributed by atoms with Gasteiger partial charge in [0.15, 0.2) is 0 Å². The van der Waals surface area contributed by atoms with E-state index < -0.39 is 0 Å². The van der Waals surface area contributed by atoms with Crippen molar-refractivity contribution in [2.45, 2.75) is 13.0 Å². The fourth-order valence-electron chi connectivity index (χ4n) is 2.61. The molecule has 1 aliphatic heterocycles. The number of hydrogen-bond acceptors (Lipinski definition) is 3. The summed E-state index contributed by atoms with van der Waals surface area (Å²) in [4.78, 5) is 18.8. The van der Waals surface area contributed by atoms with E-state index in [0.29, 0.717) is 0 Å². The summed E-state index contributed by atoms with van der Waals surface area (Å²) in [5.74, 6) is 0.116. The maximum Gasteiger partial charge on any atom is 0.254 e. The third-order valence-corrected chi connectivity index (χ3v) is 3.67. The maximum absolute atomic E-state index is 12.7. The smallest absolute Gasteiger partial charge is 0.254 e. The summed E-state index contributed by atoms with van der Waals surface area (Å²) < 4.78 is 0. The molecule has 3 rings (SSSR count). The lowest BCUT2D eigenvalue weighted by Crippen LogP contribution is -2.52. The minimum atomic E-state index is 0. The lowest BCUT2D eigenvalue weighted by Gasteiger charge is -2.34. The van der Waals surface area contributed by atoms with E-state index in [2.05, 4.69) is 17.2 Å². The molecule has 6 heteroatoms. The van der Waals surface area contributed by atoms with Crippen LogP contribution in [0.5, 0.6) is 0 Å². The van der Waals surface area contributed by atoms with Gasteiger partial charge in [-0.3, -0.25) is 9.78 Å². The van der Waals surface area contributed by atoms with Gasteiger partial charge in [-0.1, -0.05) is 12.1 Å². The normalized spacial score (nSPS) is 17.8. The molecule has 0 spiro atoms. The molecular formula is C15H19Cl2N3O. The Hall–Kier alpha value is -1.36. The zero-order valence-electron chi connectivity index (χ0n) is 11.8. The monoisotopic (exact) mass is 327 g/mol. The lowest BCUT2D eigenvalue weighted by atomic mass is 10.0. The maximum atomic E-state index is 12.7.